The lowest BCUT2D eigenvalue weighted by Gasteiger charge is -2.28. The fourth-order valence-electron chi connectivity index (χ4n) is 4.44. The molecule has 1 heterocycles. The van der Waals surface area contributed by atoms with Crippen LogP contribution in [0.15, 0.2) is 60.7 Å². The fourth-order valence-corrected chi connectivity index (χ4v) is 4.44. The van der Waals surface area contributed by atoms with Gasteiger partial charge in [0.05, 0.1) is 18.4 Å². The summed E-state index contributed by atoms with van der Waals surface area (Å²) in [6, 6.07) is 19.5. The number of hydrogen-bond acceptors (Lipinski definition) is 4. The summed E-state index contributed by atoms with van der Waals surface area (Å²) in [5.74, 6) is 0.742. The Balaban J connectivity index is 1.80. The summed E-state index contributed by atoms with van der Waals surface area (Å²) >= 11 is 0. The van der Waals surface area contributed by atoms with Gasteiger partial charge >= 0.3 is 0 Å². The van der Waals surface area contributed by atoms with E-state index >= 15 is 0 Å². The predicted molar refractivity (Wildman–Crippen MR) is 145 cm³/mol. The molecule has 0 aliphatic carbocycles. The van der Waals surface area contributed by atoms with Gasteiger partial charge in [0.2, 0.25) is 0 Å². The predicted octanol–water partition coefficient (Wildman–Crippen LogP) is 7.01. The Bertz CT molecular complexity index is 1280. The van der Waals surface area contributed by atoms with E-state index in [1.807, 2.05) is 66.7 Å². The van der Waals surface area contributed by atoms with Gasteiger partial charge in [-0.1, -0.05) is 71.9 Å². The van der Waals surface area contributed by atoms with Crippen molar-refractivity contribution < 1.29 is 19.5 Å². The van der Waals surface area contributed by atoms with Crippen LogP contribution < -0.4 is 9.80 Å². The van der Waals surface area contributed by atoms with Crippen LogP contribution >= 0.6 is 0 Å². The van der Waals surface area contributed by atoms with Crippen molar-refractivity contribution in [2.75, 3.05) is 12.2 Å². The van der Waals surface area contributed by atoms with E-state index in [1.54, 1.807) is 0 Å². The maximum Gasteiger partial charge on any atom is 0.282 e. The molecule has 1 amide bonds. The molecule has 0 spiro atoms. The van der Waals surface area contributed by atoms with Crippen LogP contribution in [0.4, 0.5) is 5.69 Å². The van der Waals surface area contributed by atoms with E-state index in [1.165, 1.54) is 12.2 Å². The Kier molecular flexibility index (Phi) is 6.72. The van der Waals surface area contributed by atoms with Crippen molar-refractivity contribution >= 4 is 23.2 Å². The summed E-state index contributed by atoms with van der Waals surface area (Å²) in [5.41, 5.74) is 5.00. The van der Waals surface area contributed by atoms with E-state index in [9.17, 15) is 9.90 Å². The van der Waals surface area contributed by atoms with Crippen molar-refractivity contribution in [3.05, 3.63) is 88.5 Å². The summed E-state index contributed by atoms with van der Waals surface area (Å²) < 4.78 is 6.03. The van der Waals surface area contributed by atoms with E-state index in [2.05, 4.69) is 41.5 Å². The number of aromatic hydroxyl groups is 1. The third kappa shape index (κ3) is 5.02. The van der Waals surface area contributed by atoms with Gasteiger partial charge in [0.25, 0.3) is 5.91 Å². The number of phenolic OH excluding ortho intramolecular Hbond substituents is 1. The molecular formula is C31H35NO4. The van der Waals surface area contributed by atoms with Gasteiger partial charge in [0, 0.05) is 16.7 Å². The number of carbonyl (C=O) groups is 1. The molecule has 1 aliphatic heterocycles. The largest absolute Gasteiger partial charge is 0.507 e. The normalized spacial score (nSPS) is 14.9. The molecule has 1 aliphatic rings. The molecule has 3 aromatic carbocycles. The minimum atomic E-state index is -0.271. The van der Waals surface area contributed by atoms with Gasteiger partial charge in [0.1, 0.15) is 18.1 Å². The maximum atomic E-state index is 13.4. The van der Waals surface area contributed by atoms with E-state index in [0.717, 1.165) is 27.8 Å². The molecule has 0 fully saturated rings. The van der Waals surface area contributed by atoms with Crippen LogP contribution in [-0.2, 0) is 27.1 Å². The number of benzene rings is 3. The van der Waals surface area contributed by atoms with Crippen molar-refractivity contribution in [1.82, 2.24) is 0 Å². The lowest BCUT2D eigenvalue weighted by atomic mass is 9.78. The number of carbonyl (C=O) groups excluding carboxylic acids is 1. The minimum absolute atomic E-state index is 0.240. The maximum absolute atomic E-state index is 13.4. The van der Waals surface area contributed by atoms with Crippen LogP contribution in [0, 0.1) is 0 Å². The van der Waals surface area contributed by atoms with Crippen molar-refractivity contribution in [1.29, 1.82) is 0 Å². The fraction of sp³-hybridized carbons (Fsp3) is 0.323. The topological polar surface area (TPSA) is 59.0 Å². The molecule has 5 heteroatoms. The first kappa shape index (κ1) is 25.5. The molecule has 5 nitrogen and oxygen atoms in total. The summed E-state index contributed by atoms with van der Waals surface area (Å²) in [6.07, 6.45) is 1.88. The summed E-state index contributed by atoms with van der Waals surface area (Å²) in [6.45, 7) is 12.9. The van der Waals surface area contributed by atoms with Crippen molar-refractivity contribution in [2.45, 2.75) is 59.0 Å². The van der Waals surface area contributed by atoms with Crippen molar-refractivity contribution in [3.8, 4) is 11.5 Å². The van der Waals surface area contributed by atoms with Gasteiger partial charge in [-0.15, -0.1) is 0 Å². The Labute approximate surface area is 213 Å². The van der Waals surface area contributed by atoms with Crippen molar-refractivity contribution in [2.24, 2.45) is 0 Å². The molecule has 0 radical (unpaired) electrons. The molecule has 1 N–H and O–H groups in total. The third-order valence-electron chi connectivity index (χ3n) is 6.38. The zero-order valence-corrected chi connectivity index (χ0v) is 22.2. The molecule has 0 saturated carbocycles. The number of phenols is 1. The Morgan fingerprint density at radius 2 is 1.50 bits per heavy atom. The quantitative estimate of drug-likeness (QED) is 0.395. The highest BCUT2D eigenvalue weighted by Gasteiger charge is 2.34. The number of ether oxygens (including phenoxy) is 1. The van der Waals surface area contributed by atoms with Gasteiger partial charge in [-0.2, -0.15) is 5.06 Å². The average molecular weight is 486 g/mol. The molecular weight excluding hydrogens is 450 g/mol. The van der Waals surface area contributed by atoms with Gasteiger partial charge < -0.3 is 9.84 Å². The lowest BCUT2D eigenvalue weighted by Crippen LogP contribution is -2.24. The number of nitrogens with zero attached hydrogens (tertiary/aromatic N) is 1. The Hall–Kier alpha value is -3.57. The molecule has 0 atom stereocenters. The van der Waals surface area contributed by atoms with E-state index < -0.39 is 0 Å². The van der Waals surface area contributed by atoms with Crippen LogP contribution in [-0.4, -0.2) is 18.1 Å². The van der Waals surface area contributed by atoms with Gasteiger partial charge in [-0.05, 0) is 58.4 Å². The third-order valence-corrected chi connectivity index (χ3v) is 6.38. The highest BCUT2D eigenvalue weighted by molar-refractivity contribution is 6.35. The first-order chi connectivity index (χ1) is 16.9. The number of amides is 1. The zero-order valence-electron chi connectivity index (χ0n) is 22.2. The van der Waals surface area contributed by atoms with Crippen LogP contribution in [0.25, 0.3) is 11.6 Å². The van der Waals surface area contributed by atoms with Gasteiger partial charge in [-0.25, -0.2) is 0 Å². The Morgan fingerprint density at radius 3 is 2.06 bits per heavy atom. The SMILES string of the molecule is CON1C(=O)C(=Cc2cc(C(C)(C)C)c(O)c(C(C)(C)C)c2)c2cc(OCc3ccccc3)ccc21. The van der Waals surface area contributed by atoms with Crippen LogP contribution in [0.2, 0.25) is 0 Å². The number of anilines is 1. The van der Waals surface area contributed by atoms with Gasteiger partial charge in [0.15, 0.2) is 0 Å². The molecule has 3 aromatic rings. The average Bonchev–Trinajstić information content (AvgIpc) is 3.07. The zero-order chi connectivity index (χ0) is 26.3. The van der Waals surface area contributed by atoms with Crippen LogP contribution in [0.5, 0.6) is 11.5 Å². The molecule has 36 heavy (non-hydrogen) atoms. The standard InChI is InChI=1S/C31H35NO4/c1-30(2,3)25-16-21(17-26(28(25)33)31(4,5)6)15-24-23-18-22(36-19-20-11-9-8-10-12-20)13-14-27(23)32(35-7)29(24)34/h8-18,33H,19H2,1-7H3. The second-order valence-electron chi connectivity index (χ2n) is 11.3. The molecule has 4 rings (SSSR count). The minimum Gasteiger partial charge on any atom is -0.507 e. The summed E-state index contributed by atoms with van der Waals surface area (Å²) in [4.78, 5) is 18.8. The van der Waals surface area contributed by atoms with E-state index in [4.69, 9.17) is 9.57 Å². The first-order valence-electron chi connectivity index (χ1n) is 12.2. The second-order valence-corrected chi connectivity index (χ2v) is 11.3. The molecule has 188 valence electrons. The smallest absolute Gasteiger partial charge is 0.282 e. The molecule has 0 bridgehead atoms. The van der Waals surface area contributed by atoms with Gasteiger partial charge in [-0.3, -0.25) is 9.63 Å². The summed E-state index contributed by atoms with van der Waals surface area (Å²) in [5, 5.41) is 12.4. The lowest BCUT2D eigenvalue weighted by molar-refractivity contribution is -0.118. The highest BCUT2D eigenvalue weighted by Crippen LogP contribution is 2.43. The molecule has 0 aromatic heterocycles. The van der Waals surface area contributed by atoms with Crippen molar-refractivity contribution in [3.63, 3.8) is 0 Å². The number of rotatable bonds is 5. The monoisotopic (exact) mass is 485 g/mol. The number of hydroxylamine groups is 1. The second kappa shape index (κ2) is 9.47. The summed E-state index contributed by atoms with van der Waals surface area (Å²) in [7, 11) is 1.49. The highest BCUT2D eigenvalue weighted by atomic mass is 16.7. The van der Waals surface area contributed by atoms with E-state index in [0.29, 0.717) is 29.4 Å². The van der Waals surface area contributed by atoms with E-state index in [-0.39, 0.29) is 16.7 Å². The first-order valence-corrected chi connectivity index (χ1v) is 12.2. The molecule has 0 saturated heterocycles. The van der Waals surface area contributed by atoms with Crippen LogP contribution in [0.3, 0.4) is 0 Å². The number of hydrogen-bond donors (Lipinski definition) is 1. The van der Waals surface area contributed by atoms with Crippen LogP contribution in [0.1, 0.15) is 69.4 Å². The Morgan fingerprint density at radius 1 is 0.889 bits per heavy atom. The molecule has 0 unspecified atom stereocenters. The number of fused-ring (bicyclic) bond motifs is 1.